The Kier molecular flexibility index (Phi) is 3.54. The van der Waals surface area contributed by atoms with E-state index in [-0.39, 0.29) is 11.9 Å². The molecule has 3 nitrogen and oxygen atoms in total. The van der Waals surface area contributed by atoms with Gasteiger partial charge in [-0.3, -0.25) is 4.79 Å². The Hall–Kier alpha value is -0.870. The highest BCUT2D eigenvalue weighted by molar-refractivity contribution is 7.12. The van der Waals surface area contributed by atoms with Crippen molar-refractivity contribution in [1.82, 2.24) is 4.90 Å². The highest BCUT2D eigenvalue weighted by atomic mass is 32.1. The molecule has 0 bridgehead atoms. The van der Waals surface area contributed by atoms with Gasteiger partial charge in [0.15, 0.2) is 0 Å². The van der Waals surface area contributed by atoms with Crippen molar-refractivity contribution in [3.8, 4) is 0 Å². The first kappa shape index (κ1) is 12.6. The van der Waals surface area contributed by atoms with Crippen molar-refractivity contribution in [2.45, 2.75) is 26.8 Å². The fourth-order valence-electron chi connectivity index (χ4n) is 2.46. The van der Waals surface area contributed by atoms with Crippen LogP contribution in [0.2, 0.25) is 0 Å². The quantitative estimate of drug-likeness (QED) is 0.876. The summed E-state index contributed by atoms with van der Waals surface area (Å²) in [7, 11) is 0. The summed E-state index contributed by atoms with van der Waals surface area (Å²) < 4.78 is 0. The maximum Gasteiger partial charge on any atom is 0.264 e. The van der Waals surface area contributed by atoms with Crippen molar-refractivity contribution in [2.24, 2.45) is 17.6 Å². The minimum atomic E-state index is 0.124. The molecule has 1 aliphatic heterocycles. The topological polar surface area (TPSA) is 46.3 Å². The van der Waals surface area contributed by atoms with Gasteiger partial charge in [-0.1, -0.05) is 13.8 Å². The monoisotopic (exact) mass is 252 g/mol. The van der Waals surface area contributed by atoms with Crippen molar-refractivity contribution >= 4 is 17.2 Å². The van der Waals surface area contributed by atoms with Crippen LogP contribution in [-0.4, -0.2) is 29.9 Å². The summed E-state index contributed by atoms with van der Waals surface area (Å²) in [6.07, 6.45) is 0. The van der Waals surface area contributed by atoms with Gasteiger partial charge in [-0.2, -0.15) is 0 Å². The molecule has 0 aromatic carbocycles. The largest absolute Gasteiger partial charge is 0.336 e. The number of carbonyl (C=O) groups is 1. The number of amides is 1. The van der Waals surface area contributed by atoms with E-state index < -0.39 is 0 Å². The predicted octanol–water partition coefficient (Wildman–Crippen LogP) is 2.11. The molecule has 17 heavy (non-hydrogen) atoms. The smallest absolute Gasteiger partial charge is 0.264 e. The molecule has 0 spiro atoms. The van der Waals surface area contributed by atoms with E-state index in [1.54, 1.807) is 0 Å². The zero-order valence-electron chi connectivity index (χ0n) is 10.6. The second kappa shape index (κ2) is 4.78. The van der Waals surface area contributed by atoms with Gasteiger partial charge in [-0.25, -0.2) is 0 Å². The number of nitrogens with two attached hydrogens (primary N) is 1. The van der Waals surface area contributed by atoms with Crippen molar-refractivity contribution in [1.29, 1.82) is 0 Å². The van der Waals surface area contributed by atoms with Gasteiger partial charge in [0.25, 0.3) is 5.91 Å². The van der Waals surface area contributed by atoms with E-state index in [4.69, 9.17) is 5.73 Å². The summed E-state index contributed by atoms with van der Waals surface area (Å²) in [6, 6.07) is 2.12. The minimum absolute atomic E-state index is 0.124. The number of aryl methyl sites for hydroxylation is 1. The van der Waals surface area contributed by atoms with E-state index >= 15 is 0 Å². The molecule has 1 aromatic heterocycles. The molecule has 1 aliphatic rings. The van der Waals surface area contributed by atoms with E-state index in [0.29, 0.717) is 18.4 Å². The fraction of sp³-hybridized carbons (Fsp3) is 0.615. The second-order valence-corrected chi connectivity index (χ2v) is 6.13. The van der Waals surface area contributed by atoms with Gasteiger partial charge in [0.05, 0.1) is 4.88 Å². The maximum absolute atomic E-state index is 12.3. The van der Waals surface area contributed by atoms with Crippen LogP contribution < -0.4 is 5.73 Å². The average Bonchev–Trinajstić information content (AvgIpc) is 2.83. The third-order valence-corrected chi connectivity index (χ3v) is 4.62. The lowest BCUT2D eigenvalue weighted by Crippen LogP contribution is -2.33. The lowest BCUT2D eigenvalue weighted by molar-refractivity contribution is 0.0787. The summed E-state index contributed by atoms with van der Waals surface area (Å²) in [5.74, 6) is 1.11. The molecular formula is C13H20N2OS. The summed E-state index contributed by atoms with van der Waals surface area (Å²) in [5, 5.41) is 1.97. The standard InChI is InChI=1S/C13H20N2OS/c1-8(2)10-6-15(7-11(10)14)13(16)12-9(3)4-5-17-12/h4-5,8,10-11H,6-7,14H2,1-3H3/t10-,11+/m1/s1. The highest BCUT2D eigenvalue weighted by Gasteiger charge is 2.35. The van der Waals surface area contributed by atoms with Gasteiger partial charge < -0.3 is 10.6 Å². The van der Waals surface area contributed by atoms with Gasteiger partial charge in [-0.15, -0.1) is 11.3 Å². The molecule has 2 atom stereocenters. The molecular weight excluding hydrogens is 232 g/mol. The van der Waals surface area contributed by atoms with E-state index in [2.05, 4.69) is 13.8 Å². The number of rotatable bonds is 2. The van der Waals surface area contributed by atoms with Crippen molar-refractivity contribution in [3.05, 3.63) is 21.9 Å². The lowest BCUT2D eigenvalue weighted by Gasteiger charge is -2.18. The molecule has 1 aromatic rings. The normalized spacial score (nSPS) is 24.6. The molecule has 1 amide bonds. The number of likely N-dealkylation sites (tertiary alicyclic amines) is 1. The zero-order valence-corrected chi connectivity index (χ0v) is 11.5. The molecule has 0 unspecified atom stereocenters. The number of thiophene rings is 1. The van der Waals surface area contributed by atoms with Gasteiger partial charge >= 0.3 is 0 Å². The second-order valence-electron chi connectivity index (χ2n) is 5.21. The van der Waals surface area contributed by atoms with Crippen LogP contribution in [0.1, 0.15) is 29.1 Å². The number of nitrogens with zero attached hydrogens (tertiary/aromatic N) is 1. The van der Waals surface area contributed by atoms with Crippen molar-refractivity contribution in [2.75, 3.05) is 13.1 Å². The Morgan fingerprint density at radius 3 is 2.71 bits per heavy atom. The average molecular weight is 252 g/mol. The van der Waals surface area contributed by atoms with Crippen molar-refractivity contribution < 1.29 is 4.79 Å². The fourth-order valence-corrected chi connectivity index (χ4v) is 3.35. The third kappa shape index (κ3) is 2.38. The first-order chi connectivity index (χ1) is 8.00. The Bertz CT molecular complexity index is 413. The van der Waals surface area contributed by atoms with E-state index in [1.165, 1.54) is 11.3 Å². The molecule has 94 valence electrons. The summed E-state index contributed by atoms with van der Waals surface area (Å²) in [4.78, 5) is 15.1. The molecule has 2 heterocycles. The summed E-state index contributed by atoms with van der Waals surface area (Å²) in [6.45, 7) is 7.83. The van der Waals surface area contributed by atoms with Crippen LogP contribution in [0.25, 0.3) is 0 Å². The van der Waals surface area contributed by atoms with Crippen LogP contribution in [0, 0.1) is 18.8 Å². The zero-order chi connectivity index (χ0) is 12.6. The molecule has 2 rings (SSSR count). The number of hydrogen-bond donors (Lipinski definition) is 1. The first-order valence-electron chi connectivity index (χ1n) is 6.09. The van der Waals surface area contributed by atoms with Gasteiger partial charge in [-0.05, 0) is 35.8 Å². The summed E-state index contributed by atoms with van der Waals surface area (Å²) in [5.41, 5.74) is 7.18. The Balaban J connectivity index is 2.11. The van der Waals surface area contributed by atoms with Crippen LogP contribution in [0.5, 0.6) is 0 Å². The summed E-state index contributed by atoms with van der Waals surface area (Å²) >= 11 is 1.52. The Morgan fingerprint density at radius 1 is 1.53 bits per heavy atom. The molecule has 2 N–H and O–H groups in total. The lowest BCUT2D eigenvalue weighted by atomic mass is 9.92. The maximum atomic E-state index is 12.3. The molecule has 0 radical (unpaired) electrons. The SMILES string of the molecule is Cc1ccsc1C(=O)N1C[C@H](C(C)C)[C@@H](N)C1. The van der Waals surface area contributed by atoms with Crippen LogP contribution in [0.4, 0.5) is 0 Å². The van der Waals surface area contributed by atoms with Gasteiger partial charge in [0.1, 0.15) is 0 Å². The predicted molar refractivity (Wildman–Crippen MR) is 71.3 cm³/mol. The van der Waals surface area contributed by atoms with E-state index in [9.17, 15) is 4.79 Å². The third-order valence-electron chi connectivity index (χ3n) is 3.61. The van der Waals surface area contributed by atoms with Crippen molar-refractivity contribution in [3.63, 3.8) is 0 Å². The van der Waals surface area contributed by atoms with Gasteiger partial charge in [0.2, 0.25) is 0 Å². The highest BCUT2D eigenvalue weighted by Crippen LogP contribution is 2.26. The van der Waals surface area contributed by atoms with Crippen LogP contribution in [-0.2, 0) is 0 Å². The molecule has 0 saturated carbocycles. The Morgan fingerprint density at radius 2 is 2.24 bits per heavy atom. The van der Waals surface area contributed by atoms with E-state index in [1.807, 2.05) is 23.3 Å². The van der Waals surface area contributed by atoms with E-state index in [0.717, 1.165) is 17.0 Å². The Labute approximate surface area is 107 Å². The number of carbonyl (C=O) groups excluding carboxylic acids is 1. The molecule has 1 fully saturated rings. The van der Waals surface area contributed by atoms with Crippen LogP contribution in [0.15, 0.2) is 11.4 Å². The molecule has 4 heteroatoms. The molecule has 1 saturated heterocycles. The first-order valence-corrected chi connectivity index (χ1v) is 6.97. The molecule has 0 aliphatic carbocycles. The number of hydrogen-bond acceptors (Lipinski definition) is 3. The van der Waals surface area contributed by atoms with Crippen LogP contribution >= 0.6 is 11.3 Å². The van der Waals surface area contributed by atoms with Gasteiger partial charge in [0, 0.05) is 19.1 Å². The van der Waals surface area contributed by atoms with Crippen LogP contribution in [0.3, 0.4) is 0 Å². The minimum Gasteiger partial charge on any atom is -0.336 e.